The van der Waals surface area contributed by atoms with Crippen molar-refractivity contribution in [3.63, 3.8) is 0 Å². The standard InChI is InChI=1S/C9H19N3O2S2/c1-9(12(13)14,6-10(2)3)7-16-8(15)11(4)5/h6-7H2,1-5H3. The first-order valence-electron chi connectivity index (χ1n) is 4.82. The fourth-order valence-corrected chi connectivity index (χ4v) is 2.25. The molecule has 0 spiro atoms. The van der Waals surface area contributed by atoms with Gasteiger partial charge in [0.15, 0.2) is 0 Å². The quantitative estimate of drug-likeness (QED) is 0.422. The zero-order valence-corrected chi connectivity index (χ0v) is 12.0. The van der Waals surface area contributed by atoms with Crippen molar-refractivity contribution in [1.29, 1.82) is 0 Å². The second-order valence-electron chi connectivity index (χ2n) is 4.44. The minimum absolute atomic E-state index is 0.224. The molecule has 0 saturated carbocycles. The van der Waals surface area contributed by atoms with Crippen LogP contribution in [0.3, 0.4) is 0 Å². The highest BCUT2D eigenvalue weighted by molar-refractivity contribution is 8.22. The third kappa shape index (κ3) is 5.09. The molecule has 5 nitrogen and oxygen atoms in total. The fourth-order valence-electron chi connectivity index (χ4n) is 1.18. The molecule has 0 N–H and O–H groups in total. The molecule has 1 atom stereocenters. The van der Waals surface area contributed by atoms with E-state index >= 15 is 0 Å². The number of likely N-dealkylation sites (N-methyl/N-ethyl adjacent to an activating group) is 1. The average molecular weight is 265 g/mol. The van der Waals surface area contributed by atoms with Crippen molar-refractivity contribution in [2.45, 2.75) is 12.5 Å². The lowest BCUT2D eigenvalue weighted by Crippen LogP contribution is -2.47. The second-order valence-corrected chi connectivity index (χ2v) is 6.05. The largest absolute Gasteiger partial charge is 0.364 e. The van der Waals surface area contributed by atoms with Gasteiger partial charge in [-0.3, -0.25) is 10.1 Å². The van der Waals surface area contributed by atoms with Crippen LogP contribution in [0, 0.1) is 10.1 Å². The summed E-state index contributed by atoms with van der Waals surface area (Å²) in [5.74, 6) is 0.384. The van der Waals surface area contributed by atoms with Crippen LogP contribution >= 0.6 is 24.0 Å². The van der Waals surface area contributed by atoms with Crippen LogP contribution in [0.1, 0.15) is 6.92 Å². The zero-order chi connectivity index (χ0) is 12.9. The Bertz CT molecular complexity index is 271. The van der Waals surface area contributed by atoms with Crippen LogP contribution in [0.2, 0.25) is 0 Å². The Labute approximate surface area is 106 Å². The minimum Gasteiger partial charge on any atom is -0.364 e. The van der Waals surface area contributed by atoms with E-state index in [1.165, 1.54) is 11.8 Å². The van der Waals surface area contributed by atoms with Crippen LogP contribution in [0.25, 0.3) is 0 Å². The molecule has 0 bridgehead atoms. The predicted octanol–water partition coefficient (Wildman–Crippen LogP) is 1.16. The van der Waals surface area contributed by atoms with E-state index in [1.807, 2.05) is 33.1 Å². The first kappa shape index (κ1) is 15.6. The molecule has 0 aromatic carbocycles. The topological polar surface area (TPSA) is 49.6 Å². The van der Waals surface area contributed by atoms with Crippen LogP contribution in [0.5, 0.6) is 0 Å². The van der Waals surface area contributed by atoms with E-state index < -0.39 is 5.54 Å². The van der Waals surface area contributed by atoms with Crippen molar-refractivity contribution >= 4 is 28.3 Å². The van der Waals surface area contributed by atoms with E-state index in [1.54, 1.807) is 11.8 Å². The van der Waals surface area contributed by atoms with E-state index in [4.69, 9.17) is 12.2 Å². The van der Waals surface area contributed by atoms with Crippen molar-refractivity contribution in [2.75, 3.05) is 40.5 Å². The summed E-state index contributed by atoms with van der Waals surface area (Å²) in [6.07, 6.45) is 0. The predicted molar refractivity (Wildman–Crippen MR) is 72.7 cm³/mol. The highest BCUT2D eigenvalue weighted by Gasteiger charge is 2.38. The van der Waals surface area contributed by atoms with Crippen molar-refractivity contribution in [3.05, 3.63) is 10.1 Å². The van der Waals surface area contributed by atoms with Crippen molar-refractivity contribution < 1.29 is 4.92 Å². The first-order chi connectivity index (χ1) is 7.19. The number of thioether (sulfide) groups is 1. The molecule has 0 aromatic heterocycles. The van der Waals surface area contributed by atoms with E-state index in [-0.39, 0.29) is 4.92 Å². The molecule has 0 aliphatic rings. The lowest BCUT2D eigenvalue weighted by atomic mass is 10.1. The Kier molecular flexibility index (Phi) is 6.20. The van der Waals surface area contributed by atoms with E-state index in [2.05, 4.69) is 0 Å². The zero-order valence-electron chi connectivity index (χ0n) is 10.4. The van der Waals surface area contributed by atoms with E-state index in [0.717, 1.165) is 0 Å². The lowest BCUT2D eigenvalue weighted by Gasteiger charge is -2.24. The Balaban J connectivity index is 4.46. The Hall–Kier alpha value is -0.400. The summed E-state index contributed by atoms with van der Waals surface area (Å²) in [5, 5.41) is 11.0. The van der Waals surface area contributed by atoms with Crippen LogP contribution in [0.4, 0.5) is 0 Å². The molecular formula is C9H19N3O2S2. The van der Waals surface area contributed by atoms with Gasteiger partial charge in [-0.1, -0.05) is 24.0 Å². The van der Waals surface area contributed by atoms with Gasteiger partial charge in [-0.05, 0) is 14.1 Å². The molecule has 0 aliphatic heterocycles. The molecule has 16 heavy (non-hydrogen) atoms. The summed E-state index contributed by atoms with van der Waals surface area (Å²) in [5.41, 5.74) is -0.964. The number of thiocarbonyl (C=S) groups is 1. The Morgan fingerprint density at radius 1 is 1.44 bits per heavy atom. The molecule has 94 valence electrons. The lowest BCUT2D eigenvalue weighted by molar-refractivity contribution is -0.558. The van der Waals surface area contributed by atoms with Crippen LogP contribution in [-0.4, -0.2) is 65.1 Å². The van der Waals surface area contributed by atoms with Gasteiger partial charge in [-0.25, -0.2) is 0 Å². The van der Waals surface area contributed by atoms with E-state index in [0.29, 0.717) is 16.6 Å². The van der Waals surface area contributed by atoms with Gasteiger partial charge >= 0.3 is 0 Å². The highest BCUT2D eigenvalue weighted by atomic mass is 32.2. The molecule has 0 radical (unpaired) electrons. The summed E-state index contributed by atoms with van der Waals surface area (Å²) >= 11 is 6.45. The molecule has 0 aromatic rings. The Morgan fingerprint density at radius 2 is 1.94 bits per heavy atom. The third-order valence-electron chi connectivity index (χ3n) is 1.97. The number of hydrogen-bond donors (Lipinski definition) is 0. The van der Waals surface area contributed by atoms with Crippen molar-refractivity contribution in [1.82, 2.24) is 9.80 Å². The summed E-state index contributed by atoms with van der Waals surface area (Å²) in [4.78, 5) is 14.4. The average Bonchev–Trinajstić information content (AvgIpc) is 2.12. The molecule has 7 heteroatoms. The molecule has 0 saturated heterocycles. The van der Waals surface area contributed by atoms with Crippen LogP contribution < -0.4 is 0 Å². The summed E-state index contributed by atoms with van der Waals surface area (Å²) in [6, 6.07) is 0. The van der Waals surface area contributed by atoms with Gasteiger partial charge in [0, 0.05) is 25.9 Å². The molecule has 0 fully saturated rings. The summed E-state index contributed by atoms with van der Waals surface area (Å²) < 4.78 is 0.673. The normalized spacial score (nSPS) is 14.6. The smallest absolute Gasteiger partial charge is 0.241 e. The Morgan fingerprint density at radius 3 is 2.25 bits per heavy atom. The molecule has 0 heterocycles. The monoisotopic (exact) mass is 265 g/mol. The highest BCUT2D eigenvalue weighted by Crippen LogP contribution is 2.19. The maximum atomic E-state index is 11.0. The van der Waals surface area contributed by atoms with Gasteiger partial charge in [0.25, 0.3) is 0 Å². The fraction of sp³-hybridized carbons (Fsp3) is 0.889. The molecular weight excluding hydrogens is 246 g/mol. The second kappa shape index (κ2) is 6.36. The maximum Gasteiger partial charge on any atom is 0.241 e. The molecule has 0 aliphatic carbocycles. The third-order valence-corrected chi connectivity index (χ3v) is 4.07. The van der Waals surface area contributed by atoms with Gasteiger partial charge in [0.2, 0.25) is 5.54 Å². The van der Waals surface area contributed by atoms with Crippen LogP contribution in [-0.2, 0) is 0 Å². The number of nitrogens with zero attached hydrogens (tertiary/aromatic N) is 3. The SMILES string of the molecule is CN(C)CC(C)(CSC(=S)N(C)C)[N+](=O)[O-]. The van der Waals surface area contributed by atoms with Gasteiger partial charge < -0.3 is 9.80 Å². The van der Waals surface area contributed by atoms with Crippen molar-refractivity contribution in [3.8, 4) is 0 Å². The molecule has 0 rings (SSSR count). The number of hydrogen-bond acceptors (Lipinski definition) is 5. The summed E-state index contributed by atoms with van der Waals surface area (Å²) in [7, 11) is 7.34. The summed E-state index contributed by atoms with van der Waals surface area (Å²) in [6.45, 7) is 2.06. The maximum absolute atomic E-state index is 11.0. The first-order valence-corrected chi connectivity index (χ1v) is 6.22. The number of nitro groups is 1. The van der Waals surface area contributed by atoms with Gasteiger partial charge in [-0.15, -0.1) is 0 Å². The minimum atomic E-state index is -0.964. The number of rotatable bonds is 5. The van der Waals surface area contributed by atoms with Gasteiger partial charge in [0.1, 0.15) is 4.32 Å². The van der Waals surface area contributed by atoms with Gasteiger partial charge in [0.05, 0.1) is 12.3 Å². The van der Waals surface area contributed by atoms with E-state index in [9.17, 15) is 10.1 Å². The molecule has 0 amide bonds. The molecule has 1 unspecified atom stereocenters. The van der Waals surface area contributed by atoms with Crippen LogP contribution in [0.15, 0.2) is 0 Å². The van der Waals surface area contributed by atoms with Gasteiger partial charge in [-0.2, -0.15) is 0 Å². The van der Waals surface area contributed by atoms with Crippen molar-refractivity contribution in [2.24, 2.45) is 0 Å².